The number of nitrogens with zero attached hydrogens (tertiary/aromatic N) is 1. The molecule has 2 aromatic carbocycles. The number of aromatic nitrogens is 1. The quantitative estimate of drug-likeness (QED) is 0.622. The number of sulfonamides is 1. The fourth-order valence-electron chi connectivity index (χ4n) is 2.59. The first-order valence-corrected chi connectivity index (χ1v) is 9.56. The van der Waals surface area contributed by atoms with Crippen LogP contribution >= 0.6 is 0 Å². The maximum atomic E-state index is 14.2. The normalized spacial score (nSPS) is 12.2. The van der Waals surface area contributed by atoms with Crippen molar-refractivity contribution in [2.75, 3.05) is 7.11 Å². The maximum Gasteiger partial charge on any atom is 0.468 e. The SMILES string of the molecule is COc1ccc(Cc2oc(C(F)(F)F)nc2-c2ccc(S(N)(=O)=O)cc2)c(F)c1. The molecule has 3 rings (SSSR count). The van der Waals surface area contributed by atoms with Crippen LogP contribution in [0, 0.1) is 5.82 Å². The number of ether oxygens (including phenoxy) is 1. The molecule has 0 radical (unpaired) electrons. The molecule has 0 unspecified atom stereocenters. The molecule has 0 aliphatic heterocycles. The van der Waals surface area contributed by atoms with E-state index in [-0.39, 0.29) is 39.6 Å². The molecule has 11 heteroatoms. The first-order valence-electron chi connectivity index (χ1n) is 8.01. The fraction of sp³-hybridized carbons (Fsp3) is 0.167. The number of nitrogens with two attached hydrogens (primary N) is 1. The van der Waals surface area contributed by atoms with E-state index in [4.69, 9.17) is 14.3 Å². The molecule has 1 aromatic heterocycles. The Balaban J connectivity index is 2.06. The van der Waals surface area contributed by atoms with E-state index in [9.17, 15) is 26.0 Å². The van der Waals surface area contributed by atoms with Crippen LogP contribution in [0.1, 0.15) is 17.2 Å². The third-order valence-corrected chi connectivity index (χ3v) is 4.94. The Kier molecular flexibility index (Phi) is 5.37. The van der Waals surface area contributed by atoms with Crippen molar-refractivity contribution < 1.29 is 35.1 Å². The van der Waals surface area contributed by atoms with Crippen LogP contribution in [0.4, 0.5) is 17.6 Å². The fourth-order valence-corrected chi connectivity index (χ4v) is 3.11. The summed E-state index contributed by atoms with van der Waals surface area (Å²) in [5.41, 5.74) is 0.0344. The minimum Gasteiger partial charge on any atom is -0.497 e. The molecule has 0 spiro atoms. The van der Waals surface area contributed by atoms with Gasteiger partial charge in [0.2, 0.25) is 10.0 Å². The first-order chi connectivity index (χ1) is 13.5. The third kappa shape index (κ3) is 4.57. The topological polar surface area (TPSA) is 95.4 Å². The zero-order valence-electron chi connectivity index (χ0n) is 14.8. The Bertz CT molecular complexity index is 1140. The van der Waals surface area contributed by atoms with E-state index in [1.54, 1.807) is 0 Å². The van der Waals surface area contributed by atoms with Gasteiger partial charge in [-0.3, -0.25) is 0 Å². The van der Waals surface area contributed by atoms with E-state index in [1.165, 1.54) is 31.4 Å². The molecule has 1 heterocycles. The molecule has 3 aromatic rings. The van der Waals surface area contributed by atoms with E-state index in [0.29, 0.717) is 0 Å². The average Bonchev–Trinajstić information content (AvgIpc) is 3.07. The zero-order chi connectivity index (χ0) is 21.4. The summed E-state index contributed by atoms with van der Waals surface area (Å²) in [5.74, 6) is -2.17. The van der Waals surface area contributed by atoms with Crippen LogP contribution in [0.3, 0.4) is 0 Å². The van der Waals surface area contributed by atoms with Crippen molar-refractivity contribution in [1.82, 2.24) is 4.98 Å². The third-order valence-electron chi connectivity index (χ3n) is 4.01. The number of oxazole rings is 1. The summed E-state index contributed by atoms with van der Waals surface area (Å²) >= 11 is 0. The van der Waals surface area contributed by atoms with Gasteiger partial charge in [-0.15, -0.1) is 0 Å². The summed E-state index contributed by atoms with van der Waals surface area (Å²) in [5, 5.41) is 5.02. The molecule has 0 saturated heterocycles. The van der Waals surface area contributed by atoms with Crippen LogP contribution < -0.4 is 9.88 Å². The van der Waals surface area contributed by atoms with Crippen LogP contribution in [-0.4, -0.2) is 20.5 Å². The standard InChI is InChI=1S/C18H14F4N2O4S/c1-27-12-5-2-11(14(19)9-12)8-15-16(24-17(28-15)18(20,21)22)10-3-6-13(7-4-10)29(23,25)26/h2-7,9H,8H2,1H3,(H2,23,25,26). The molecule has 0 bridgehead atoms. The predicted octanol–water partition coefficient (Wildman–Crippen LogP) is 3.75. The molecule has 0 fully saturated rings. The lowest BCUT2D eigenvalue weighted by Gasteiger charge is -2.06. The Labute approximate surface area is 163 Å². The molecule has 0 saturated carbocycles. The Morgan fingerprint density at radius 3 is 2.31 bits per heavy atom. The molecule has 154 valence electrons. The predicted molar refractivity (Wildman–Crippen MR) is 94.1 cm³/mol. The summed E-state index contributed by atoms with van der Waals surface area (Å²) < 4.78 is 86.0. The lowest BCUT2D eigenvalue weighted by molar-refractivity contribution is -0.157. The van der Waals surface area contributed by atoms with Crippen LogP contribution in [0.25, 0.3) is 11.3 Å². The van der Waals surface area contributed by atoms with Gasteiger partial charge in [0.25, 0.3) is 0 Å². The summed E-state index contributed by atoms with van der Waals surface area (Å²) in [6.07, 6.45) is -5.17. The Morgan fingerprint density at radius 2 is 1.79 bits per heavy atom. The summed E-state index contributed by atoms with van der Waals surface area (Å²) in [6, 6.07) is 8.65. The highest BCUT2D eigenvalue weighted by Gasteiger charge is 2.38. The first kappa shape index (κ1) is 20.8. The van der Waals surface area contributed by atoms with Crippen molar-refractivity contribution in [3.63, 3.8) is 0 Å². The van der Waals surface area contributed by atoms with Gasteiger partial charge in [0.15, 0.2) is 0 Å². The maximum absolute atomic E-state index is 14.2. The lowest BCUT2D eigenvalue weighted by atomic mass is 10.0. The number of hydrogen-bond acceptors (Lipinski definition) is 5. The Hall–Kier alpha value is -2.92. The summed E-state index contributed by atoms with van der Waals surface area (Å²) in [6.45, 7) is 0. The number of halogens is 4. The van der Waals surface area contributed by atoms with Crippen molar-refractivity contribution in [2.45, 2.75) is 17.5 Å². The summed E-state index contributed by atoms with van der Waals surface area (Å²) in [7, 11) is -2.63. The van der Waals surface area contributed by atoms with Gasteiger partial charge in [0.05, 0.1) is 12.0 Å². The van der Waals surface area contributed by atoms with Crippen molar-refractivity contribution in [2.24, 2.45) is 5.14 Å². The molecule has 0 atom stereocenters. The second-order valence-electron chi connectivity index (χ2n) is 5.99. The molecule has 0 amide bonds. The second kappa shape index (κ2) is 7.48. The molecular weight excluding hydrogens is 416 g/mol. The minimum absolute atomic E-state index is 0.0677. The monoisotopic (exact) mass is 430 g/mol. The van der Waals surface area contributed by atoms with Gasteiger partial charge >= 0.3 is 12.1 Å². The van der Waals surface area contributed by atoms with E-state index in [2.05, 4.69) is 4.98 Å². The average molecular weight is 430 g/mol. The molecule has 0 aliphatic rings. The largest absolute Gasteiger partial charge is 0.497 e. The van der Waals surface area contributed by atoms with E-state index in [0.717, 1.165) is 18.2 Å². The van der Waals surface area contributed by atoms with Gasteiger partial charge < -0.3 is 9.15 Å². The van der Waals surface area contributed by atoms with Gasteiger partial charge in [-0.1, -0.05) is 18.2 Å². The number of primary sulfonamides is 1. The van der Waals surface area contributed by atoms with E-state index in [1.807, 2.05) is 0 Å². The highest BCUT2D eigenvalue weighted by molar-refractivity contribution is 7.89. The van der Waals surface area contributed by atoms with E-state index >= 15 is 0 Å². The molecule has 2 N–H and O–H groups in total. The van der Waals surface area contributed by atoms with Crippen LogP contribution in [-0.2, 0) is 22.6 Å². The zero-order valence-corrected chi connectivity index (χ0v) is 15.6. The minimum atomic E-state index is -4.86. The molecular formula is C18H14F4N2O4S. The van der Waals surface area contributed by atoms with Crippen LogP contribution in [0.15, 0.2) is 51.8 Å². The van der Waals surface area contributed by atoms with Gasteiger partial charge in [-0.2, -0.15) is 13.2 Å². The second-order valence-corrected chi connectivity index (χ2v) is 7.55. The van der Waals surface area contributed by atoms with Gasteiger partial charge in [0, 0.05) is 18.1 Å². The summed E-state index contributed by atoms with van der Waals surface area (Å²) in [4.78, 5) is 3.26. The van der Waals surface area contributed by atoms with Gasteiger partial charge in [-0.05, 0) is 23.8 Å². The van der Waals surface area contributed by atoms with Crippen LogP contribution in [0.5, 0.6) is 5.75 Å². The number of methoxy groups -OCH3 is 1. The van der Waals surface area contributed by atoms with Crippen molar-refractivity contribution in [1.29, 1.82) is 0 Å². The van der Waals surface area contributed by atoms with Crippen LogP contribution in [0.2, 0.25) is 0 Å². The molecule has 29 heavy (non-hydrogen) atoms. The Morgan fingerprint density at radius 1 is 1.14 bits per heavy atom. The molecule has 6 nitrogen and oxygen atoms in total. The smallest absolute Gasteiger partial charge is 0.468 e. The van der Waals surface area contributed by atoms with Crippen molar-refractivity contribution in [3.05, 3.63) is 65.5 Å². The number of rotatable bonds is 5. The number of hydrogen-bond donors (Lipinski definition) is 1. The van der Waals surface area contributed by atoms with E-state index < -0.39 is 27.9 Å². The highest BCUT2D eigenvalue weighted by atomic mass is 32.2. The van der Waals surface area contributed by atoms with Gasteiger partial charge in [0.1, 0.15) is 23.0 Å². The number of benzene rings is 2. The lowest BCUT2D eigenvalue weighted by Crippen LogP contribution is -2.11. The van der Waals surface area contributed by atoms with Crippen molar-refractivity contribution >= 4 is 10.0 Å². The number of alkyl halides is 3. The molecule has 0 aliphatic carbocycles. The van der Waals surface area contributed by atoms with Gasteiger partial charge in [-0.25, -0.2) is 22.9 Å². The van der Waals surface area contributed by atoms with Crippen molar-refractivity contribution in [3.8, 4) is 17.0 Å². The highest BCUT2D eigenvalue weighted by Crippen LogP contribution is 2.35.